The molecule has 12 aromatic rings. The predicted molar refractivity (Wildman–Crippen MR) is 264 cm³/mol. The van der Waals surface area contributed by atoms with E-state index in [1.165, 1.54) is 64.7 Å². The molecule has 0 N–H and O–H groups in total. The molecule has 9 aromatic carbocycles. The Labute approximate surface area is 365 Å². The van der Waals surface area contributed by atoms with Crippen LogP contribution < -0.4 is 20.9 Å². The standard InChI is InChI=1S/C58H38N4Si/c1-5-19-40(20-6-1)57-59-54(53-49-29-15-18-32-52(49)63(58(53)60-57,43-23-9-3-10-24-43)44-25-11-4-12-26-44)39-33-35-42(36-34-39)62-51-31-17-14-28-46(51)48-38-37-47-45-27-13-16-30-50(45)61(55(47)56(48)62)41-21-7-2-8-22-41/h1-38H. The average Bonchev–Trinajstić information content (AvgIpc) is 3.99. The smallest absolute Gasteiger partial charge is 0.203 e. The highest BCUT2D eigenvalue weighted by Crippen LogP contribution is 2.42. The first-order valence-electron chi connectivity index (χ1n) is 21.6. The van der Waals surface area contributed by atoms with Gasteiger partial charge in [0, 0.05) is 49.6 Å². The monoisotopic (exact) mass is 818 g/mol. The van der Waals surface area contributed by atoms with E-state index in [4.69, 9.17) is 9.97 Å². The van der Waals surface area contributed by atoms with Gasteiger partial charge in [0.1, 0.15) is 0 Å². The minimum absolute atomic E-state index is 0.739. The van der Waals surface area contributed by atoms with Gasteiger partial charge in [-0.1, -0.05) is 194 Å². The number of rotatable bonds is 6. The maximum absolute atomic E-state index is 5.68. The van der Waals surface area contributed by atoms with Crippen LogP contribution in [-0.2, 0) is 0 Å². The number of nitrogens with zero attached hydrogens (tertiary/aromatic N) is 4. The largest absolute Gasteiger partial charge is 0.307 e. The zero-order valence-corrected chi connectivity index (χ0v) is 35.2. The van der Waals surface area contributed by atoms with Gasteiger partial charge in [-0.2, -0.15) is 0 Å². The Hall–Kier alpha value is -8.12. The zero-order chi connectivity index (χ0) is 41.5. The van der Waals surface area contributed by atoms with E-state index < -0.39 is 8.07 Å². The fraction of sp³-hybridized carbons (Fsp3) is 0. The highest BCUT2D eigenvalue weighted by molar-refractivity contribution is 7.21. The van der Waals surface area contributed by atoms with Crippen molar-refractivity contribution in [3.8, 4) is 45.1 Å². The highest BCUT2D eigenvalue weighted by Gasteiger charge is 2.51. The number of hydrogen-bond acceptors (Lipinski definition) is 2. The van der Waals surface area contributed by atoms with Crippen molar-refractivity contribution in [3.63, 3.8) is 0 Å². The van der Waals surface area contributed by atoms with Gasteiger partial charge in [-0.3, -0.25) is 0 Å². The quantitative estimate of drug-likeness (QED) is 0.157. The molecule has 13 rings (SSSR count). The molecule has 0 fully saturated rings. The summed E-state index contributed by atoms with van der Waals surface area (Å²) in [6.45, 7) is 0. The Morgan fingerprint density at radius 1 is 0.349 bits per heavy atom. The van der Waals surface area contributed by atoms with Crippen molar-refractivity contribution < 1.29 is 0 Å². The molecule has 63 heavy (non-hydrogen) atoms. The van der Waals surface area contributed by atoms with E-state index in [1.807, 2.05) is 0 Å². The van der Waals surface area contributed by atoms with Crippen LogP contribution in [0.5, 0.6) is 0 Å². The number of hydrogen-bond donors (Lipinski definition) is 0. The van der Waals surface area contributed by atoms with Gasteiger partial charge in [0.05, 0.1) is 33.1 Å². The summed E-state index contributed by atoms with van der Waals surface area (Å²) in [7, 11) is -2.90. The molecule has 5 heteroatoms. The van der Waals surface area contributed by atoms with E-state index >= 15 is 0 Å². The molecule has 1 aliphatic heterocycles. The van der Waals surface area contributed by atoms with Crippen molar-refractivity contribution >= 4 is 72.6 Å². The summed E-state index contributed by atoms with van der Waals surface area (Å²) in [5, 5.41) is 10.0. The summed E-state index contributed by atoms with van der Waals surface area (Å²) in [6, 6.07) is 83.7. The van der Waals surface area contributed by atoms with Gasteiger partial charge in [0.2, 0.25) is 8.07 Å². The summed E-state index contributed by atoms with van der Waals surface area (Å²) in [6.07, 6.45) is 0. The van der Waals surface area contributed by atoms with Gasteiger partial charge in [-0.05, 0) is 57.5 Å². The molecule has 0 spiro atoms. The van der Waals surface area contributed by atoms with Gasteiger partial charge in [-0.25, -0.2) is 9.97 Å². The van der Waals surface area contributed by atoms with Crippen LogP contribution in [0.15, 0.2) is 231 Å². The summed E-state index contributed by atoms with van der Waals surface area (Å²) in [5.41, 5.74) is 12.3. The van der Waals surface area contributed by atoms with Crippen LogP contribution in [0.4, 0.5) is 0 Å². The van der Waals surface area contributed by atoms with Crippen molar-refractivity contribution in [2.75, 3.05) is 0 Å². The Morgan fingerprint density at radius 2 is 0.825 bits per heavy atom. The fourth-order valence-electron chi connectivity index (χ4n) is 10.6. The molecule has 4 heterocycles. The van der Waals surface area contributed by atoms with E-state index in [-0.39, 0.29) is 0 Å². The van der Waals surface area contributed by atoms with Crippen molar-refractivity contribution in [1.29, 1.82) is 0 Å². The van der Waals surface area contributed by atoms with Gasteiger partial charge >= 0.3 is 0 Å². The van der Waals surface area contributed by atoms with E-state index in [0.717, 1.165) is 44.9 Å². The predicted octanol–water partition coefficient (Wildman–Crippen LogP) is 11.4. The lowest BCUT2D eigenvalue weighted by molar-refractivity contribution is 1.15. The van der Waals surface area contributed by atoms with Crippen LogP contribution in [0.1, 0.15) is 0 Å². The molecule has 294 valence electrons. The second-order valence-corrected chi connectivity index (χ2v) is 20.1. The molecular formula is C58H38N4Si. The molecule has 0 saturated carbocycles. The lowest BCUT2D eigenvalue weighted by Gasteiger charge is -2.30. The molecule has 0 saturated heterocycles. The number of para-hydroxylation sites is 3. The van der Waals surface area contributed by atoms with Gasteiger partial charge in [0.15, 0.2) is 5.82 Å². The van der Waals surface area contributed by atoms with E-state index in [9.17, 15) is 0 Å². The van der Waals surface area contributed by atoms with Crippen molar-refractivity contribution in [1.82, 2.24) is 19.1 Å². The van der Waals surface area contributed by atoms with E-state index in [0.29, 0.717) is 0 Å². The zero-order valence-electron chi connectivity index (χ0n) is 34.2. The molecule has 0 amide bonds. The molecular weight excluding hydrogens is 781 g/mol. The SMILES string of the molecule is c1ccc(-c2nc(-c3ccc(-n4c5ccccc5c5ccc6c7ccccc7n(-c7ccccc7)c6c54)cc3)c3c(n2)[Si](c2ccccc2)(c2ccccc2)c2ccccc2-3)cc1. The number of aromatic nitrogens is 4. The first-order valence-corrected chi connectivity index (χ1v) is 23.6. The minimum Gasteiger partial charge on any atom is -0.307 e. The molecule has 3 aromatic heterocycles. The Balaban J connectivity index is 1.09. The lowest BCUT2D eigenvalue weighted by Crippen LogP contribution is -2.73. The van der Waals surface area contributed by atoms with Crippen LogP contribution in [0, 0.1) is 0 Å². The summed E-state index contributed by atoms with van der Waals surface area (Å²) < 4.78 is 4.91. The van der Waals surface area contributed by atoms with Crippen LogP contribution in [0.25, 0.3) is 88.8 Å². The summed E-state index contributed by atoms with van der Waals surface area (Å²) >= 11 is 0. The number of benzene rings is 9. The summed E-state index contributed by atoms with van der Waals surface area (Å²) in [4.78, 5) is 11.2. The van der Waals surface area contributed by atoms with Gasteiger partial charge in [-0.15, -0.1) is 0 Å². The van der Waals surface area contributed by atoms with Crippen LogP contribution >= 0.6 is 0 Å². The fourth-order valence-corrected chi connectivity index (χ4v) is 15.6. The maximum Gasteiger partial charge on any atom is 0.203 e. The third-order valence-corrected chi connectivity index (χ3v) is 17.9. The van der Waals surface area contributed by atoms with E-state index in [1.54, 1.807) is 0 Å². The van der Waals surface area contributed by atoms with Gasteiger partial charge in [0.25, 0.3) is 0 Å². The first-order chi connectivity index (χ1) is 31.3. The molecule has 0 unspecified atom stereocenters. The lowest BCUT2D eigenvalue weighted by atomic mass is 10.00. The maximum atomic E-state index is 5.68. The summed E-state index contributed by atoms with van der Waals surface area (Å²) in [5.74, 6) is 0.739. The van der Waals surface area contributed by atoms with Crippen LogP contribution in [0.3, 0.4) is 0 Å². The highest BCUT2D eigenvalue weighted by atomic mass is 28.3. The molecule has 0 aliphatic carbocycles. The second kappa shape index (κ2) is 14.0. The van der Waals surface area contributed by atoms with Crippen molar-refractivity contribution in [2.45, 2.75) is 0 Å². The van der Waals surface area contributed by atoms with Crippen molar-refractivity contribution in [3.05, 3.63) is 231 Å². The Morgan fingerprint density at radius 3 is 1.41 bits per heavy atom. The normalized spacial score (nSPS) is 12.9. The molecule has 1 aliphatic rings. The third-order valence-electron chi connectivity index (χ3n) is 13.2. The van der Waals surface area contributed by atoms with E-state index in [2.05, 4.69) is 240 Å². The molecule has 0 bridgehead atoms. The number of fused-ring (bicyclic) bond motifs is 10. The Bertz CT molecular complexity index is 3670. The Kier molecular flexibility index (Phi) is 7.89. The first kappa shape index (κ1) is 35.6. The average molecular weight is 819 g/mol. The molecule has 0 radical (unpaired) electrons. The van der Waals surface area contributed by atoms with Crippen molar-refractivity contribution in [2.24, 2.45) is 0 Å². The second-order valence-electron chi connectivity index (χ2n) is 16.5. The molecule has 4 nitrogen and oxygen atoms in total. The van der Waals surface area contributed by atoms with Crippen LogP contribution in [-0.4, -0.2) is 27.2 Å². The minimum atomic E-state index is -2.90. The molecule has 0 atom stereocenters. The van der Waals surface area contributed by atoms with Gasteiger partial charge < -0.3 is 9.13 Å². The third kappa shape index (κ3) is 5.14. The topological polar surface area (TPSA) is 35.6 Å². The van der Waals surface area contributed by atoms with Crippen LogP contribution in [0.2, 0.25) is 0 Å².